The maximum absolute atomic E-state index is 12.6. The zero-order valence-corrected chi connectivity index (χ0v) is 16.4. The fourth-order valence-electron chi connectivity index (χ4n) is 3.26. The van der Waals surface area contributed by atoms with Crippen LogP contribution in [0.15, 0.2) is 5.38 Å². The summed E-state index contributed by atoms with van der Waals surface area (Å²) in [5.41, 5.74) is 0.494. The topological polar surface area (TPSA) is 82.6 Å². The first-order valence-electron chi connectivity index (χ1n) is 8.77. The van der Waals surface area contributed by atoms with Crippen molar-refractivity contribution in [3.63, 3.8) is 0 Å². The zero-order valence-electron chi connectivity index (χ0n) is 14.8. The van der Waals surface area contributed by atoms with Crippen molar-refractivity contribution in [2.75, 3.05) is 49.5 Å². The van der Waals surface area contributed by atoms with Crippen LogP contribution in [-0.4, -0.2) is 79.4 Å². The number of amides is 1. The van der Waals surface area contributed by atoms with E-state index in [0.29, 0.717) is 36.9 Å². The number of nitrogens with one attached hydrogen (secondary N) is 1. The number of carbonyl (C=O) groups excluding carboxylic acids is 1. The highest BCUT2D eigenvalue weighted by atomic mass is 32.2. The standard InChI is InChI=1S/C16H26N4O3S2/c1-12(2)9-17-16-18-14(10-24-16)15(21)20-6-4-19(5-7-20)13-3-8-25(22,23)11-13/h10,12-13H,3-9,11H2,1-2H3,(H,17,18)/t13-/m0/s1. The van der Waals surface area contributed by atoms with Gasteiger partial charge in [0.05, 0.1) is 11.5 Å². The van der Waals surface area contributed by atoms with Gasteiger partial charge in [-0.2, -0.15) is 0 Å². The largest absolute Gasteiger partial charge is 0.361 e. The van der Waals surface area contributed by atoms with Crippen molar-refractivity contribution >= 4 is 32.2 Å². The molecule has 0 aliphatic carbocycles. The number of hydrogen-bond donors (Lipinski definition) is 1. The van der Waals surface area contributed by atoms with Crippen LogP contribution in [0.3, 0.4) is 0 Å². The van der Waals surface area contributed by atoms with Crippen molar-refractivity contribution < 1.29 is 13.2 Å². The third-order valence-electron chi connectivity index (χ3n) is 4.71. The van der Waals surface area contributed by atoms with E-state index in [1.165, 1.54) is 11.3 Å². The zero-order chi connectivity index (χ0) is 18.0. The van der Waals surface area contributed by atoms with E-state index in [1.54, 1.807) is 5.38 Å². The second kappa shape index (κ2) is 7.59. The maximum atomic E-state index is 12.6. The van der Waals surface area contributed by atoms with Crippen LogP contribution in [-0.2, 0) is 9.84 Å². The van der Waals surface area contributed by atoms with Gasteiger partial charge in [-0.15, -0.1) is 11.3 Å². The first kappa shape index (κ1) is 18.6. The molecule has 0 spiro atoms. The minimum Gasteiger partial charge on any atom is -0.361 e. The highest BCUT2D eigenvalue weighted by molar-refractivity contribution is 7.91. The Morgan fingerprint density at radius 3 is 2.68 bits per heavy atom. The predicted octanol–water partition coefficient (Wildman–Crippen LogP) is 1.16. The van der Waals surface area contributed by atoms with Crippen LogP contribution < -0.4 is 5.32 Å². The monoisotopic (exact) mass is 386 g/mol. The molecule has 0 radical (unpaired) electrons. The number of nitrogens with zero attached hydrogens (tertiary/aromatic N) is 3. The fraction of sp³-hybridized carbons (Fsp3) is 0.750. The molecule has 1 atom stereocenters. The van der Waals surface area contributed by atoms with Gasteiger partial charge in [0.1, 0.15) is 5.69 Å². The molecular formula is C16H26N4O3S2. The van der Waals surface area contributed by atoms with Crippen LogP contribution in [0.5, 0.6) is 0 Å². The molecule has 1 amide bonds. The highest BCUT2D eigenvalue weighted by Gasteiger charge is 2.34. The molecule has 0 aromatic carbocycles. The molecule has 140 valence electrons. The number of sulfone groups is 1. The number of thiazole rings is 1. The van der Waals surface area contributed by atoms with Gasteiger partial charge in [-0.05, 0) is 12.3 Å². The normalized spacial score (nSPS) is 24.0. The van der Waals surface area contributed by atoms with Gasteiger partial charge in [0.15, 0.2) is 15.0 Å². The molecule has 1 N–H and O–H groups in total. The SMILES string of the molecule is CC(C)CNc1nc(C(=O)N2CCN([C@H]3CCS(=O)(=O)C3)CC2)cs1. The van der Waals surface area contributed by atoms with Gasteiger partial charge in [0.25, 0.3) is 5.91 Å². The summed E-state index contributed by atoms with van der Waals surface area (Å²) in [6.45, 7) is 7.81. The number of anilines is 1. The van der Waals surface area contributed by atoms with E-state index in [-0.39, 0.29) is 17.7 Å². The minimum atomic E-state index is -2.86. The number of aromatic nitrogens is 1. The lowest BCUT2D eigenvalue weighted by Gasteiger charge is -2.37. The Bertz CT molecular complexity index is 709. The van der Waals surface area contributed by atoms with Gasteiger partial charge in [-0.3, -0.25) is 9.69 Å². The lowest BCUT2D eigenvalue weighted by Crippen LogP contribution is -2.52. The van der Waals surface area contributed by atoms with Crippen molar-refractivity contribution in [1.82, 2.24) is 14.8 Å². The summed E-state index contributed by atoms with van der Waals surface area (Å²) in [6.07, 6.45) is 0.716. The summed E-state index contributed by atoms with van der Waals surface area (Å²) >= 11 is 1.46. The van der Waals surface area contributed by atoms with E-state index >= 15 is 0 Å². The van der Waals surface area contributed by atoms with Gasteiger partial charge in [-0.25, -0.2) is 13.4 Å². The first-order valence-corrected chi connectivity index (χ1v) is 11.5. The molecule has 1 aromatic heterocycles. The number of hydrogen-bond acceptors (Lipinski definition) is 7. The Morgan fingerprint density at radius 2 is 2.08 bits per heavy atom. The molecule has 0 unspecified atom stereocenters. The average molecular weight is 387 g/mol. The van der Waals surface area contributed by atoms with Crippen LogP contribution in [0, 0.1) is 5.92 Å². The van der Waals surface area contributed by atoms with E-state index in [2.05, 4.69) is 29.0 Å². The van der Waals surface area contributed by atoms with Crippen LogP contribution in [0.4, 0.5) is 5.13 Å². The summed E-state index contributed by atoms with van der Waals surface area (Å²) in [5.74, 6) is 1.04. The van der Waals surface area contributed by atoms with Crippen molar-refractivity contribution in [3.05, 3.63) is 11.1 Å². The minimum absolute atomic E-state index is 0.0347. The summed E-state index contributed by atoms with van der Waals surface area (Å²) < 4.78 is 23.3. The van der Waals surface area contributed by atoms with E-state index in [9.17, 15) is 13.2 Å². The maximum Gasteiger partial charge on any atom is 0.273 e. The van der Waals surface area contributed by atoms with Crippen molar-refractivity contribution in [3.8, 4) is 0 Å². The molecule has 3 rings (SSSR count). The van der Waals surface area contributed by atoms with Gasteiger partial charge >= 0.3 is 0 Å². The summed E-state index contributed by atoms with van der Waals surface area (Å²) in [4.78, 5) is 21.0. The average Bonchev–Trinajstić information content (AvgIpc) is 3.19. The van der Waals surface area contributed by atoms with Crippen molar-refractivity contribution in [2.45, 2.75) is 26.3 Å². The van der Waals surface area contributed by atoms with Crippen molar-refractivity contribution in [1.29, 1.82) is 0 Å². The number of rotatable bonds is 5. The smallest absolute Gasteiger partial charge is 0.273 e. The third-order valence-corrected chi connectivity index (χ3v) is 7.26. The number of piperazine rings is 1. The number of carbonyl (C=O) groups is 1. The molecule has 25 heavy (non-hydrogen) atoms. The van der Waals surface area contributed by atoms with Crippen LogP contribution >= 0.6 is 11.3 Å². The molecular weight excluding hydrogens is 360 g/mol. The van der Waals surface area contributed by atoms with Gasteiger partial charge in [0.2, 0.25) is 0 Å². The quantitative estimate of drug-likeness (QED) is 0.818. The van der Waals surface area contributed by atoms with Crippen molar-refractivity contribution in [2.24, 2.45) is 5.92 Å². The highest BCUT2D eigenvalue weighted by Crippen LogP contribution is 2.21. The van der Waals surface area contributed by atoms with Gasteiger partial charge in [0, 0.05) is 44.1 Å². The van der Waals surface area contributed by atoms with E-state index < -0.39 is 9.84 Å². The molecule has 0 saturated carbocycles. The van der Waals surface area contributed by atoms with Crippen LogP contribution in [0.25, 0.3) is 0 Å². The third kappa shape index (κ3) is 4.71. The molecule has 3 heterocycles. The molecule has 2 aliphatic rings. The summed E-state index contributed by atoms with van der Waals surface area (Å²) in [7, 11) is -2.86. The predicted molar refractivity (Wildman–Crippen MR) is 100.0 cm³/mol. The molecule has 2 saturated heterocycles. The van der Waals surface area contributed by atoms with Gasteiger partial charge in [-0.1, -0.05) is 13.8 Å². The molecule has 0 bridgehead atoms. The van der Waals surface area contributed by atoms with E-state index in [4.69, 9.17) is 0 Å². The lowest BCUT2D eigenvalue weighted by molar-refractivity contribution is 0.0583. The molecule has 2 aliphatic heterocycles. The first-order chi connectivity index (χ1) is 11.8. The molecule has 2 fully saturated rings. The molecule has 1 aromatic rings. The Morgan fingerprint density at radius 1 is 1.36 bits per heavy atom. The van der Waals surface area contributed by atoms with Crippen LogP contribution in [0.1, 0.15) is 30.8 Å². The van der Waals surface area contributed by atoms with Crippen LogP contribution in [0.2, 0.25) is 0 Å². The molecule has 7 nitrogen and oxygen atoms in total. The Balaban J connectivity index is 1.51. The fourth-order valence-corrected chi connectivity index (χ4v) is 5.72. The molecule has 9 heteroatoms. The van der Waals surface area contributed by atoms with Gasteiger partial charge < -0.3 is 10.2 Å². The summed E-state index contributed by atoms with van der Waals surface area (Å²) in [5, 5.41) is 5.84. The Hall–Kier alpha value is -1.19. The second-order valence-electron chi connectivity index (χ2n) is 7.20. The second-order valence-corrected chi connectivity index (χ2v) is 10.3. The van der Waals surface area contributed by atoms with E-state index in [0.717, 1.165) is 24.8 Å². The summed E-state index contributed by atoms with van der Waals surface area (Å²) in [6, 6.07) is 0.119. The Labute approximate surface area is 153 Å². The Kier molecular flexibility index (Phi) is 5.65. The lowest BCUT2D eigenvalue weighted by atomic mass is 10.2. The van der Waals surface area contributed by atoms with E-state index in [1.807, 2.05) is 4.90 Å².